The van der Waals surface area contributed by atoms with Crippen molar-refractivity contribution in [2.75, 3.05) is 26.6 Å². The Morgan fingerprint density at radius 3 is 2.15 bits per heavy atom. The van der Waals surface area contributed by atoms with Gasteiger partial charge in [0.05, 0.1) is 27.0 Å². The van der Waals surface area contributed by atoms with Gasteiger partial charge in [0.2, 0.25) is 11.7 Å². The number of rotatable bonds is 6. The summed E-state index contributed by atoms with van der Waals surface area (Å²) in [7, 11) is 4.70. The minimum atomic E-state index is 0.413. The van der Waals surface area contributed by atoms with Gasteiger partial charge in [0.15, 0.2) is 17.3 Å². The topological polar surface area (TPSA) is 94.2 Å². The summed E-state index contributed by atoms with van der Waals surface area (Å²) in [6.45, 7) is 4.00. The van der Waals surface area contributed by atoms with E-state index < -0.39 is 0 Å². The highest BCUT2D eigenvalue weighted by Gasteiger charge is 2.14. The van der Waals surface area contributed by atoms with Crippen molar-refractivity contribution in [1.29, 1.82) is 0 Å². The maximum atomic E-state index is 5.37. The number of benzene rings is 1. The Balaban J connectivity index is 1.94. The van der Waals surface area contributed by atoms with E-state index in [-0.39, 0.29) is 0 Å². The summed E-state index contributed by atoms with van der Waals surface area (Å²) in [6.07, 6.45) is 1.47. The number of aromatic nitrogens is 4. The number of hydrogen-bond acceptors (Lipinski definition) is 7. The Hall–Kier alpha value is -3.29. The number of anilines is 2. The van der Waals surface area contributed by atoms with Crippen molar-refractivity contribution in [2.24, 2.45) is 0 Å². The smallest absolute Gasteiger partial charge is 0.230 e. The van der Waals surface area contributed by atoms with Gasteiger partial charge in [-0.2, -0.15) is 4.98 Å². The molecule has 2 N–H and O–H groups in total. The SMILES string of the molecule is COc1cc(Nc2ncnc(-c3[nH]c(C)cc3C)n2)cc(OC)c1OC. The van der Waals surface area contributed by atoms with E-state index in [1.165, 1.54) is 6.33 Å². The van der Waals surface area contributed by atoms with Crippen LogP contribution in [0.15, 0.2) is 24.5 Å². The average Bonchev–Trinajstić information content (AvgIpc) is 2.99. The van der Waals surface area contributed by atoms with E-state index >= 15 is 0 Å². The molecule has 0 spiro atoms. The van der Waals surface area contributed by atoms with Gasteiger partial charge in [-0.15, -0.1) is 0 Å². The largest absolute Gasteiger partial charge is 0.493 e. The minimum absolute atomic E-state index is 0.413. The first-order chi connectivity index (χ1) is 12.5. The zero-order valence-corrected chi connectivity index (χ0v) is 15.4. The monoisotopic (exact) mass is 355 g/mol. The summed E-state index contributed by atoms with van der Waals surface area (Å²) < 4.78 is 16.1. The van der Waals surface area contributed by atoms with E-state index in [0.717, 1.165) is 17.0 Å². The first-order valence-electron chi connectivity index (χ1n) is 7.98. The molecule has 0 radical (unpaired) electrons. The molecular weight excluding hydrogens is 334 g/mol. The van der Waals surface area contributed by atoms with Gasteiger partial charge in [0, 0.05) is 23.5 Å². The molecule has 8 heteroatoms. The molecule has 2 heterocycles. The standard InChI is InChI=1S/C18H21N5O3/c1-10-6-11(2)21-15(10)17-19-9-20-18(23-17)22-12-7-13(24-3)16(26-5)14(8-12)25-4/h6-9,21H,1-5H3,(H,19,20,22,23). The van der Waals surface area contributed by atoms with Gasteiger partial charge in [-0.05, 0) is 25.5 Å². The van der Waals surface area contributed by atoms with Gasteiger partial charge in [-0.1, -0.05) is 0 Å². The predicted molar refractivity (Wildman–Crippen MR) is 98.5 cm³/mol. The van der Waals surface area contributed by atoms with Crippen LogP contribution in [0, 0.1) is 13.8 Å². The minimum Gasteiger partial charge on any atom is -0.493 e. The van der Waals surface area contributed by atoms with Crippen LogP contribution in [-0.4, -0.2) is 41.3 Å². The van der Waals surface area contributed by atoms with Crippen LogP contribution in [0.25, 0.3) is 11.5 Å². The molecule has 3 rings (SSSR count). The zero-order chi connectivity index (χ0) is 18.7. The second kappa shape index (κ2) is 7.30. The van der Waals surface area contributed by atoms with E-state index in [4.69, 9.17) is 14.2 Å². The fraction of sp³-hybridized carbons (Fsp3) is 0.278. The fourth-order valence-electron chi connectivity index (χ4n) is 2.72. The van der Waals surface area contributed by atoms with Crippen molar-refractivity contribution in [3.63, 3.8) is 0 Å². The summed E-state index contributed by atoms with van der Waals surface area (Å²) in [5, 5.41) is 3.15. The first-order valence-corrected chi connectivity index (χ1v) is 7.98. The van der Waals surface area contributed by atoms with Crippen LogP contribution in [0.1, 0.15) is 11.3 Å². The molecule has 0 aliphatic heterocycles. The van der Waals surface area contributed by atoms with Crippen molar-refractivity contribution >= 4 is 11.6 Å². The highest BCUT2D eigenvalue weighted by Crippen LogP contribution is 2.40. The van der Waals surface area contributed by atoms with Gasteiger partial charge in [-0.25, -0.2) is 9.97 Å². The third-order valence-corrected chi connectivity index (χ3v) is 3.87. The molecule has 3 aromatic rings. The molecule has 1 aromatic carbocycles. The van der Waals surface area contributed by atoms with Gasteiger partial charge >= 0.3 is 0 Å². The van der Waals surface area contributed by atoms with Crippen LogP contribution in [0.5, 0.6) is 17.2 Å². The van der Waals surface area contributed by atoms with Crippen LogP contribution >= 0.6 is 0 Å². The van der Waals surface area contributed by atoms with Crippen molar-refractivity contribution in [2.45, 2.75) is 13.8 Å². The molecule has 0 aliphatic carbocycles. The quantitative estimate of drug-likeness (QED) is 0.701. The third-order valence-electron chi connectivity index (χ3n) is 3.87. The third kappa shape index (κ3) is 3.39. The molecule has 0 saturated heterocycles. The lowest BCUT2D eigenvalue weighted by atomic mass is 10.2. The maximum absolute atomic E-state index is 5.37. The van der Waals surface area contributed by atoms with Crippen molar-refractivity contribution in [3.05, 3.63) is 35.8 Å². The zero-order valence-electron chi connectivity index (χ0n) is 15.4. The van der Waals surface area contributed by atoms with E-state index in [2.05, 4.69) is 25.3 Å². The van der Waals surface area contributed by atoms with Gasteiger partial charge < -0.3 is 24.5 Å². The molecule has 0 bridgehead atoms. The van der Waals surface area contributed by atoms with Gasteiger partial charge in [0.25, 0.3) is 0 Å². The molecular formula is C18H21N5O3. The van der Waals surface area contributed by atoms with Crippen LogP contribution in [-0.2, 0) is 0 Å². The Bertz CT molecular complexity index is 898. The van der Waals surface area contributed by atoms with Crippen LogP contribution in [0.4, 0.5) is 11.6 Å². The number of methoxy groups -OCH3 is 3. The van der Waals surface area contributed by atoms with Crippen molar-refractivity contribution in [3.8, 4) is 28.8 Å². The van der Waals surface area contributed by atoms with Gasteiger partial charge in [0.1, 0.15) is 6.33 Å². The summed E-state index contributed by atoms with van der Waals surface area (Å²) in [5.41, 5.74) is 3.71. The number of ether oxygens (including phenoxy) is 3. The highest BCUT2D eigenvalue weighted by atomic mass is 16.5. The van der Waals surface area contributed by atoms with E-state index in [1.807, 2.05) is 19.9 Å². The summed E-state index contributed by atoms with van der Waals surface area (Å²) >= 11 is 0. The molecule has 0 unspecified atom stereocenters. The molecule has 0 saturated carbocycles. The number of aryl methyl sites for hydroxylation is 2. The fourth-order valence-corrected chi connectivity index (χ4v) is 2.72. The van der Waals surface area contributed by atoms with Gasteiger partial charge in [-0.3, -0.25) is 0 Å². The number of nitrogens with one attached hydrogen (secondary N) is 2. The summed E-state index contributed by atoms with van der Waals surface area (Å²) in [4.78, 5) is 16.2. The number of nitrogens with zero attached hydrogens (tertiary/aromatic N) is 3. The maximum Gasteiger partial charge on any atom is 0.230 e. The van der Waals surface area contributed by atoms with Crippen LogP contribution < -0.4 is 19.5 Å². The summed E-state index contributed by atoms with van der Waals surface area (Å²) in [6, 6.07) is 5.62. The lowest BCUT2D eigenvalue weighted by Gasteiger charge is -2.14. The Labute approximate surface area is 151 Å². The Morgan fingerprint density at radius 2 is 1.62 bits per heavy atom. The molecule has 136 valence electrons. The predicted octanol–water partition coefficient (Wildman–Crippen LogP) is 3.25. The lowest BCUT2D eigenvalue weighted by Crippen LogP contribution is -2.02. The van der Waals surface area contributed by atoms with Crippen molar-refractivity contribution in [1.82, 2.24) is 19.9 Å². The second-order valence-electron chi connectivity index (χ2n) is 5.68. The molecule has 0 aliphatic rings. The molecule has 2 aromatic heterocycles. The van der Waals surface area contributed by atoms with E-state index in [1.54, 1.807) is 33.5 Å². The molecule has 0 atom stereocenters. The second-order valence-corrected chi connectivity index (χ2v) is 5.68. The van der Waals surface area contributed by atoms with E-state index in [0.29, 0.717) is 34.7 Å². The van der Waals surface area contributed by atoms with Crippen LogP contribution in [0.2, 0.25) is 0 Å². The van der Waals surface area contributed by atoms with Crippen LogP contribution in [0.3, 0.4) is 0 Å². The van der Waals surface area contributed by atoms with Crippen molar-refractivity contribution < 1.29 is 14.2 Å². The average molecular weight is 355 g/mol. The molecule has 0 fully saturated rings. The normalized spacial score (nSPS) is 10.5. The molecule has 8 nitrogen and oxygen atoms in total. The highest BCUT2D eigenvalue weighted by molar-refractivity contribution is 5.66. The summed E-state index contributed by atoms with van der Waals surface area (Å²) in [5.74, 6) is 2.59. The molecule has 26 heavy (non-hydrogen) atoms. The number of H-pyrrole nitrogens is 1. The van der Waals surface area contributed by atoms with E-state index in [9.17, 15) is 0 Å². The first kappa shape index (κ1) is 17.5. The Morgan fingerprint density at radius 1 is 0.923 bits per heavy atom. The molecule has 0 amide bonds. The number of aromatic amines is 1. The lowest BCUT2D eigenvalue weighted by molar-refractivity contribution is 0.324. The number of hydrogen-bond donors (Lipinski definition) is 2. The Kier molecular flexibility index (Phi) is 4.92.